The van der Waals surface area contributed by atoms with Gasteiger partial charge in [0.15, 0.2) is 11.4 Å². The molecule has 1 saturated heterocycles. The minimum absolute atomic E-state index is 0.00460. The minimum Gasteiger partial charge on any atom is -0.393 e. The molecule has 5 aliphatic rings. The maximum Gasteiger partial charge on any atom is 0.165 e. The van der Waals surface area contributed by atoms with Gasteiger partial charge in [-0.15, -0.1) is 0 Å². The number of epoxide rings is 1. The van der Waals surface area contributed by atoms with E-state index in [0.29, 0.717) is 17.8 Å². The van der Waals surface area contributed by atoms with Crippen LogP contribution >= 0.6 is 0 Å². The highest BCUT2D eigenvalue weighted by Gasteiger charge is 2.85. The fourth-order valence-electron chi connectivity index (χ4n) is 8.26. The molecule has 5 rings (SSSR count). The Hall–Kier alpha value is -0.670. The summed E-state index contributed by atoms with van der Waals surface area (Å²) < 4.78 is 6.19. The first-order valence-corrected chi connectivity index (χ1v) is 10.3. The second kappa shape index (κ2) is 4.59. The van der Waals surface area contributed by atoms with Crippen molar-refractivity contribution < 1.29 is 14.6 Å². The molecule has 138 valence electrons. The molecule has 0 aromatic carbocycles. The van der Waals surface area contributed by atoms with E-state index in [0.717, 1.165) is 38.5 Å². The normalized spacial score (nSPS) is 59.2. The van der Waals surface area contributed by atoms with E-state index in [1.54, 1.807) is 6.92 Å². The third-order valence-corrected chi connectivity index (χ3v) is 9.46. The van der Waals surface area contributed by atoms with E-state index < -0.39 is 5.60 Å². The highest BCUT2D eigenvalue weighted by molar-refractivity contribution is 5.91. The number of aliphatic hydroxyl groups is 1. The third kappa shape index (κ3) is 1.69. The van der Waals surface area contributed by atoms with E-state index in [2.05, 4.69) is 26.8 Å². The molecule has 0 amide bonds. The Balaban J connectivity index is 1.53. The van der Waals surface area contributed by atoms with Crippen LogP contribution in [0.5, 0.6) is 0 Å². The van der Waals surface area contributed by atoms with Crippen LogP contribution in [0.25, 0.3) is 0 Å². The predicted molar refractivity (Wildman–Crippen MR) is 96.0 cm³/mol. The summed E-state index contributed by atoms with van der Waals surface area (Å²) in [5.41, 5.74) is 1.05. The van der Waals surface area contributed by atoms with Crippen molar-refractivity contribution in [3.05, 3.63) is 11.6 Å². The SMILES string of the molecule is CC(=O)[C@]12O[C@]1(C)C[C@H]1[C@@H]3CC=C4C[C@@H](O)CC[C@]4(C)[C@H]3CC[C@@]12C. The highest BCUT2D eigenvalue weighted by atomic mass is 16.6. The van der Waals surface area contributed by atoms with Gasteiger partial charge >= 0.3 is 0 Å². The van der Waals surface area contributed by atoms with Crippen molar-refractivity contribution in [3.63, 3.8) is 0 Å². The summed E-state index contributed by atoms with van der Waals surface area (Å²) in [6.07, 6.45) is 9.75. The monoisotopic (exact) mass is 344 g/mol. The van der Waals surface area contributed by atoms with Crippen molar-refractivity contribution in [2.75, 3.05) is 0 Å². The molecule has 3 saturated carbocycles. The summed E-state index contributed by atoms with van der Waals surface area (Å²) in [6, 6.07) is 0. The average molecular weight is 344 g/mol. The number of carbonyl (C=O) groups is 1. The number of carbonyl (C=O) groups excluding carboxylic acids is 1. The molecule has 1 heterocycles. The summed E-state index contributed by atoms with van der Waals surface area (Å²) in [6.45, 7) is 8.72. The van der Waals surface area contributed by atoms with Gasteiger partial charge in [0.05, 0.1) is 6.10 Å². The molecule has 4 aliphatic carbocycles. The average Bonchev–Trinajstić information content (AvgIpc) is 3.13. The number of Topliss-reactive ketones (excluding diaryl/α,β-unsaturated/α-hetero) is 1. The van der Waals surface area contributed by atoms with Crippen molar-refractivity contribution in [2.45, 2.75) is 89.9 Å². The molecule has 0 aromatic rings. The van der Waals surface area contributed by atoms with Crippen LogP contribution in [0.3, 0.4) is 0 Å². The van der Waals surface area contributed by atoms with Crippen molar-refractivity contribution in [1.82, 2.24) is 0 Å². The smallest absolute Gasteiger partial charge is 0.165 e. The molecule has 8 atom stereocenters. The molecule has 0 radical (unpaired) electrons. The number of fused-ring (bicyclic) bond motifs is 7. The van der Waals surface area contributed by atoms with Crippen molar-refractivity contribution in [1.29, 1.82) is 0 Å². The molecule has 0 bridgehead atoms. The molecule has 3 nitrogen and oxygen atoms in total. The second-order valence-electron chi connectivity index (χ2n) is 10.4. The van der Waals surface area contributed by atoms with Crippen LogP contribution in [0.4, 0.5) is 0 Å². The lowest BCUT2D eigenvalue weighted by molar-refractivity contribution is -0.135. The number of rotatable bonds is 1. The summed E-state index contributed by atoms with van der Waals surface area (Å²) in [7, 11) is 0. The van der Waals surface area contributed by atoms with Crippen LogP contribution in [0.15, 0.2) is 11.6 Å². The van der Waals surface area contributed by atoms with Crippen molar-refractivity contribution in [3.8, 4) is 0 Å². The van der Waals surface area contributed by atoms with E-state index in [9.17, 15) is 9.90 Å². The summed E-state index contributed by atoms with van der Waals surface area (Å²) in [4.78, 5) is 12.6. The van der Waals surface area contributed by atoms with Gasteiger partial charge in [-0.3, -0.25) is 4.79 Å². The van der Waals surface area contributed by atoms with Crippen LogP contribution in [0, 0.1) is 28.6 Å². The molecule has 4 fully saturated rings. The number of ketones is 1. The molecular weight excluding hydrogens is 312 g/mol. The number of ether oxygens (including phenoxy) is 1. The molecule has 25 heavy (non-hydrogen) atoms. The van der Waals surface area contributed by atoms with Crippen LogP contribution < -0.4 is 0 Å². The maximum atomic E-state index is 12.6. The molecule has 1 aliphatic heterocycles. The van der Waals surface area contributed by atoms with Crippen LogP contribution in [0.2, 0.25) is 0 Å². The molecule has 3 heteroatoms. The molecule has 0 unspecified atom stereocenters. The number of hydrogen-bond acceptors (Lipinski definition) is 3. The lowest BCUT2D eigenvalue weighted by Gasteiger charge is -2.58. The second-order valence-corrected chi connectivity index (χ2v) is 10.4. The quantitative estimate of drug-likeness (QED) is 0.577. The molecular formula is C22H32O3. The van der Waals surface area contributed by atoms with Crippen LogP contribution in [-0.2, 0) is 9.53 Å². The standard InChI is InChI=1S/C22H32O3/c1-13(23)22-20(3)10-8-17-16(18(20)12-21(22,4)25-22)6-5-14-11-15(24)7-9-19(14,17)2/h5,15-18,24H,6-12H2,1-4H3/t15-,16+,17-,18-,19-,20-,21+,22+/m0/s1. The van der Waals surface area contributed by atoms with E-state index in [1.807, 2.05) is 0 Å². The lowest BCUT2D eigenvalue weighted by Crippen LogP contribution is -2.54. The fraction of sp³-hybridized carbons (Fsp3) is 0.864. The van der Waals surface area contributed by atoms with Gasteiger partial charge in [-0.05, 0) is 82.0 Å². The van der Waals surface area contributed by atoms with Gasteiger partial charge in [0.1, 0.15) is 5.60 Å². The zero-order valence-electron chi connectivity index (χ0n) is 16.1. The van der Waals surface area contributed by atoms with E-state index in [1.165, 1.54) is 12.0 Å². The Morgan fingerprint density at radius 3 is 2.68 bits per heavy atom. The lowest BCUT2D eigenvalue weighted by atomic mass is 9.47. The molecule has 0 spiro atoms. The van der Waals surface area contributed by atoms with Crippen molar-refractivity contribution >= 4 is 5.78 Å². The number of aliphatic hydroxyl groups excluding tert-OH is 1. The maximum absolute atomic E-state index is 12.6. The zero-order chi connectivity index (χ0) is 17.8. The first kappa shape index (κ1) is 16.5. The Labute approximate surface area is 151 Å². The highest BCUT2D eigenvalue weighted by Crippen LogP contribution is 2.77. The minimum atomic E-state index is -0.511. The summed E-state index contributed by atoms with van der Waals surface area (Å²) >= 11 is 0. The van der Waals surface area contributed by atoms with Gasteiger partial charge in [-0.2, -0.15) is 0 Å². The molecule has 1 N–H and O–H groups in total. The van der Waals surface area contributed by atoms with E-state index >= 15 is 0 Å². The van der Waals surface area contributed by atoms with E-state index in [4.69, 9.17) is 4.74 Å². The predicted octanol–water partition coefficient (Wildman–Crippen LogP) is 4.04. The van der Waals surface area contributed by atoms with Gasteiger partial charge in [-0.1, -0.05) is 25.5 Å². The van der Waals surface area contributed by atoms with Crippen LogP contribution in [0.1, 0.15) is 72.6 Å². The Morgan fingerprint density at radius 2 is 1.96 bits per heavy atom. The molecule has 0 aromatic heterocycles. The van der Waals surface area contributed by atoms with Crippen LogP contribution in [-0.4, -0.2) is 28.2 Å². The first-order chi connectivity index (χ1) is 11.7. The van der Waals surface area contributed by atoms with E-state index in [-0.39, 0.29) is 28.3 Å². The topological polar surface area (TPSA) is 49.8 Å². The van der Waals surface area contributed by atoms with Gasteiger partial charge in [0, 0.05) is 5.41 Å². The van der Waals surface area contributed by atoms with Gasteiger partial charge in [-0.25, -0.2) is 0 Å². The number of hydrogen-bond donors (Lipinski definition) is 1. The van der Waals surface area contributed by atoms with Crippen molar-refractivity contribution in [2.24, 2.45) is 28.6 Å². The summed E-state index contributed by atoms with van der Waals surface area (Å²) in [5.74, 6) is 2.23. The fourth-order valence-corrected chi connectivity index (χ4v) is 8.26. The van der Waals surface area contributed by atoms with Gasteiger partial charge < -0.3 is 9.84 Å². The van der Waals surface area contributed by atoms with Gasteiger partial charge in [0.2, 0.25) is 0 Å². The Kier molecular flexibility index (Phi) is 3.03. The largest absolute Gasteiger partial charge is 0.393 e. The van der Waals surface area contributed by atoms with Gasteiger partial charge in [0.25, 0.3) is 0 Å². The first-order valence-electron chi connectivity index (χ1n) is 10.3. The Bertz CT molecular complexity index is 683. The number of allylic oxidation sites excluding steroid dienone is 1. The summed E-state index contributed by atoms with van der Waals surface area (Å²) in [5, 5.41) is 10.1. The zero-order valence-corrected chi connectivity index (χ0v) is 16.1. The Morgan fingerprint density at radius 1 is 1.20 bits per heavy atom. The third-order valence-electron chi connectivity index (χ3n) is 9.46.